The summed E-state index contributed by atoms with van der Waals surface area (Å²) in [6.07, 6.45) is 17.7. The van der Waals surface area contributed by atoms with Gasteiger partial charge in [-0.05, 0) is 19.3 Å². The molecule has 0 aromatic rings. The third-order valence-electron chi connectivity index (χ3n) is 4.97. The van der Waals surface area contributed by atoms with E-state index in [9.17, 15) is 13.0 Å². The molecule has 0 amide bonds. The fraction of sp³-hybridized carbons (Fsp3) is 1.00. The molecule has 1 N–H and O–H groups in total. The molecule has 0 rings (SSSR count). The summed E-state index contributed by atoms with van der Waals surface area (Å²) in [4.78, 5) is 0. The van der Waals surface area contributed by atoms with Crippen LogP contribution in [0.15, 0.2) is 0 Å². The summed E-state index contributed by atoms with van der Waals surface area (Å²) >= 11 is 0. The van der Waals surface area contributed by atoms with Crippen molar-refractivity contribution in [3.63, 3.8) is 0 Å². The molecule has 4 nitrogen and oxygen atoms in total. The zero-order valence-corrected chi connectivity index (χ0v) is 20.2. The first-order valence-electron chi connectivity index (χ1n) is 10.6. The Balaban J connectivity index is 0. The van der Waals surface area contributed by atoms with E-state index in [1.807, 2.05) is 0 Å². The zero-order valence-electron chi connectivity index (χ0n) is 17.4. The first-order chi connectivity index (χ1) is 12.0. The molecule has 1 unspecified atom stereocenters. The number of aliphatic hydroxyl groups excluding tert-OH is 1. The van der Waals surface area contributed by atoms with Gasteiger partial charge in [-0.3, -0.25) is 0 Å². The molecule has 0 saturated heterocycles. The van der Waals surface area contributed by atoms with Gasteiger partial charge in [-0.1, -0.05) is 96.8 Å². The van der Waals surface area contributed by atoms with Crippen LogP contribution >= 0.6 is 0 Å². The molecule has 152 valence electrons. The normalized spacial score (nSPS) is 12.7. The number of aliphatic hydroxyl groups is 1. The summed E-state index contributed by atoms with van der Waals surface area (Å²) in [5, 5.41) is 8.02. The smallest absolute Gasteiger partial charge is 0.748 e. The summed E-state index contributed by atoms with van der Waals surface area (Å²) in [7, 11) is -4.16. The van der Waals surface area contributed by atoms with Gasteiger partial charge in [-0.15, -0.1) is 0 Å². The Bertz CT molecular complexity index is 374. The van der Waals surface area contributed by atoms with Crippen LogP contribution in [-0.2, 0) is 10.1 Å². The SMILES string of the molecule is CCCCCCCCCCCCC(CCCCCCCO)S(=O)(=O)[O-].[Na+]. The second-order valence-electron chi connectivity index (χ2n) is 7.37. The van der Waals surface area contributed by atoms with Crippen molar-refractivity contribution in [1.29, 1.82) is 0 Å². The van der Waals surface area contributed by atoms with E-state index in [1.54, 1.807) is 0 Å². The summed E-state index contributed by atoms with van der Waals surface area (Å²) < 4.78 is 34.2. The van der Waals surface area contributed by atoms with Crippen LogP contribution in [0.1, 0.15) is 116 Å². The third kappa shape index (κ3) is 19.6. The van der Waals surface area contributed by atoms with Crippen molar-refractivity contribution in [2.24, 2.45) is 0 Å². The van der Waals surface area contributed by atoms with E-state index in [1.165, 1.54) is 44.9 Å². The largest absolute Gasteiger partial charge is 1.00 e. The zero-order chi connectivity index (χ0) is 18.8. The van der Waals surface area contributed by atoms with Crippen LogP contribution in [0.4, 0.5) is 0 Å². The summed E-state index contributed by atoms with van der Waals surface area (Å²) in [5.74, 6) is 0. The summed E-state index contributed by atoms with van der Waals surface area (Å²) in [6.45, 7) is 2.45. The second-order valence-corrected chi connectivity index (χ2v) is 9.02. The van der Waals surface area contributed by atoms with Crippen molar-refractivity contribution in [2.75, 3.05) is 6.61 Å². The minimum Gasteiger partial charge on any atom is -0.748 e. The second kappa shape index (κ2) is 20.6. The fourth-order valence-corrected chi connectivity index (χ4v) is 4.22. The van der Waals surface area contributed by atoms with E-state index in [-0.39, 0.29) is 36.2 Å². The van der Waals surface area contributed by atoms with E-state index < -0.39 is 15.4 Å². The molecular formula is C20H41NaO4S. The maximum absolute atomic E-state index is 11.4. The maximum Gasteiger partial charge on any atom is 1.00 e. The standard InChI is InChI=1S/C20H42O4S.Na/c1-2-3-4-5-6-7-8-9-11-14-17-20(25(22,23)24)18-15-12-10-13-16-19-21;/h20-21H,2-19H2,1H3,(H,22,23,24);/q;+1/p-1. The van der Waals surface area contributed by atoms with Crippen LogP contribution in [0.25, 0.3) is 0 Å². The third-order valence-corrected chi connectivity index (χ3v) is 6.26. The van der Waals surface area contributed by atoms with E-state index in [2.05, 4.69) is 6.92 Å². The molecule has 0 spiro atoms. The Morgan fingerprint density at radius 3 is 1.38 bits per heavy atom. The minimum absolute atomic E-state index is 0. The van der Waals surface area contributed by atoms with Gasteiger partial charge in [0.1, 0.15) is 0 Å². The fourth-order valence-electron chi connectivity index (χ4n) is 3.31. The molecule has 0 aliphatic heterocycles. The number of hydrogen-bond donors (Lipinski definition) is 1. The van der Waals surface area contributed by atoms with Crippen LogP contribution < -0.4 is 29.6 Å². The van der Waals surface area contributed by atoms with Crippen LogP contribution in [0.3, 0.4) is 0 Å². The first kappa shape index (κ1) is 29.1. The van der Waals surface area contributed by atoms with Crippen LogP contribution in [0, 0.1) is 0 Å². The van der Waals surface area contributed by atoms with Gasteiger partial charge in [0.15, 0.2) is 0 Å². The maximum atomic E-state index is 11.4. The molecule has 0 saturated carbocycles. The summed E-state index contributed by atoms with van der Waals surface area (Å²) in [5.41, 5.74) is 0. The monoisotopic (exact) mass is 400 g/mol. The molecule has 26 heavy (non-hydrogen) atoms. The quantitative estimate of drug-likeness (QED) is 0.205. The van der Waals surface area contributed by atoms with Crippen molar-refractivity contribution >= 4 is 10.1 Å². The Kier molecular flexibility index (Phi) is 23.0. The minimum atomic E-state index is -4.16. The molecule has 0 bridgehead atoms. The average molecular weight is 401 g/mol. The molecule has 0 aliphatic carbocycles. The molecular weight excluding hydrogens is 359 g/mol. The van der Waals surface area contributed by atoms with Gasteiger partial charge in [-0.2, -0.15) is 0 Å². The van der Waals surface area contributed by atoms with Crippen molar-refractivity contribution in [3.05, 3.63) is 0 Å². The van der Waals surface area contributed by atoms with Crippen LogP contribution in [0.5, 0.6) is 0 Å². The van der Waals surface area contributed by atoms with Crippen molar-refractivity contribution in [1.82, 2.24) is 0 Å². The van der Waals surface area contributed by atoms with Gasteiger partial charge in [0.25, 0.3) is 0 Å². The number of unbranched alkanes of at least 4 members (excludes halogenated alkanes) is 13. The molecule has 0 heterocycles. The van der Waals surface area contributed by atoms with Crippen molar-refractivity contribution < 1.29 is 47.6 Å². The Morgan fingerprint density at radius 1 is 0.692 bits per heavy atom. The van der Waals surface area contributed by atoms with Crippen molar-refractivity contribution in [2.45, 2.75) is 121 Å². The van der Waals surface area contributed by atoms with Gasteiger partial charge in [-0.25, -0.2) is 8.42 Å². The molecule has 0 fully saturated rings. The molecule has 0 aromatic heterocycles. The van der Waals surface area contributed by atoms with Gasteiger partial charge in [0.05, 0.1) is 10.1 Å². The van der Waals surface area contributed by atoms with E-state index >= 15 is 0 Å². The van der Waals surface area contributed by atoms with E-state index in [0.717, 1.165) is 51.4 Å². The van der Waals surface area contributed by atoms with E-state index in [4.69, 9.17) is 5.11 Å². The van der Waals surface area contributed by atoms with Crippen molar-refractivity contribution in [3.8, 4) is 0 Å². The Morgan fingerprint density at radius 2 is 1.04 bits per heavy atom. The molecule has 0 radical (unpaired) electrons. The average Bonchev–Trinajstić information content (AvgIpc) is 2.56. The van der Waals surface area contributed by atoms with E-state index in [0.29, 0.717) is 12.8 Å². The number of hydrogen-bond acceptors (Lipinski definition) is 4. The first-order valence-corrected chi connectivity index (χ1v) is 12.0. The van der Waals surface area contributed by atoms with Gasteiger partial charge >= 0.3 is 29.6 Å². The van der Waals surface area contributed by atoms with Crippen LogP contribution in [-0.4, -0.2) is 29.9 Å². The predicted octanol–water partition coefficient (Wildman–Crippen LogP) is 2.55. The van der Waals surface area contributed by atoms with Crippen LogP contribution in [0.2, 0.25) is 0 Å². The molecule has 0 aromatic carbocycles. The van der Waals surface area contributed by atoms with Gasteiger partial charge < -0.3 is 9.66 Å². The molecule has 6 heteroatoms. The van der Waals surface area contributed by atoms with Gasteiger partial charge in [0.2, 0.25) is 0 Å². The summed E-state index contributed by atoms with van der Waals surface area (Å²) in [6, 6.07) is 0. The molecule has 1 atom stereocenters. The Labute approximate surface area is 185 Å². The predicted molar refractivity (Wildman–Crippen MR) is 105 cm³/mol. The molecule has 0 aliphatic rings. The van der Waals surface area contributed by atoms with Gasteiger partial charge in [0, 0.05) is 11.9 Å². The Hall–Kier alpha value is 0.870. The number of rotatable bonds is 19. The topological polar surface area (TPSA) is 77.4 Å².